The van der Waals surface area contributed by atoms with Crippen LogP contribution >= 0.6 is 11.3 Å². The molecule has 0 N–H and O–H groups in total. The molecule has 6 nitrogen and oxygen atoms in total. The lowest BCUT2D eigenvalue weighted by molar-refractivity contribution is 0.0338. The van der Waals surface area contributed by atoms with Gasteiger partial charge >= 0.3 is 6.09 Å². The van der Waals surface area contributed by atoms with Crippen LogP contribution in [-0.2, 0) is 4.74 Å². The van der Waals surface area contributed by atoms with Gasteiger partial charge in [0.15, 0.2) is 0 Å². The third-order valence-corrected chi connectivity index (χ3v) is 5.58. The minimum Gasteiger partial charge on any atom is -0.446 e. The number of amides is 1. The molecule has 1 aromatic rings. The van der Waals surface area contributed by atoms with Crippen LogP contribution in [0.15, 0.2) is 11.7 Å². The summed E-state index contributed by atoms with van der Waals surface area (Å²) in [5.74, 6) is 0. The topological polar surface area (TPSA) is 48.9 Å². The Bertz CT molecular complexity index is 492. The molecule has 1 aromatic heterocycles. The Morgan fingerprint density at radius 1 is 1.22 bits per heavy atom. The van der Waals surface area contributed by atoms with Crippen molar-refractivity contribution < 1.29 is 9.53 Å². The zero-order chi connectivity index (χ0) is 16.2. The van der Waals surface area contributed by atoms with E-state index in [1.165, 1.54) is 5.00 Å². The number of piperazine rings is 1. The third kappa shape index (κ3) is 4.14. The van der Waals surface area contributed by atoms with Crippen molar-refractivity contribution in [2.45, 2.75) is 38.8 Å². The van der Waals surface area contributed by atoms with Gasteiger partial charge in [-0.2, -0.15) is 0 Å². The van der Waals surface area contributed by atoms with Gasteiger partial charge in [-0.15, -0.1) is 11.3 Å². The zero-order valence-corrected chi connectivity index (χ0v) is 14.8. The molecule has 2 aliphatic rings. The van der Waals surface area contributed by atoms with Gasteiger partial charge in [-0.25, -0.2) is 4.79 Å². The molecule has 0 unspecified atom stereocenters. The molecule has 0 atom stereocenters. The highest BCUT2D eigenvalue weighted by Gasteiger charge is 2.27. The second-order valence-electron chi connectivity index (χ2n) is 6.53. The molecule has 128 valence electrons. The largest absolute Gasteiger partial charge is 0.446 e. The number of anilines is 1. The van der Waals surface area contributed by atoms with E-state index in [4.69, 9.17) is 4.74 Å². The van der Waals surface area contributed by atoms with Gasteiger partial charge in [0.25, 0.3) is 0 Å². The number of ether oxygens (including phenoxy) is 1. The lowest BCUT2D eigenvalue weighted by atomic mass is 10.1. The Morgan fingerprint density at radius 3 is 2.48 bits per heavy atom. The van der Waals surface area contributed by atoms with E-state index in [2.05, 4.69) is 28.6 Å². The second-order valence-corrected chi connectivity index (χ2v) is 7.39. The number of hydrogen-bond donors (Lipinski definition) is 0. The molecule has 7 heteroatoms. The maximum Gasteiger partial charge on any atom is 0.410 e. The fraction of sp³-hybridized carbons (Fsp3) is 0.750. The van der Waals surface area contributed by atoms with E-state index in [-0.39, 0.29) is 12.2 Å². The first-order valence-corrected chi connectivity index (χ1v) is 9.34. The van der Waals surface area contributed by atoms with E-state index in [1.807, 2.05) is 16.6 Å². The fourth-order valence-electron chi connectivity index (χ4n) is 3.20. The van der Waals surface area contributed by atoms with Crippen LogP contribution in [0.4, 0.5) is 9.80 Å². The first-order chi connectivity index (χ1) is 11.1. The molecule has 3 heterocycles. The highest BCUT2D eigenvalue weighted by atomic mass is 32.1. The first kappa shape index (κ1) is 16.5. The van der Waals surface area contributed by atoms with E-state index in [0.29, 0.717) is 6.04 Å². The van der Waals surface area contributed by atoms with E-state index in [1.54, 1.807) is 11.3 Å². The highest BCUT2D eigenvalue weighted by Crippen LogP contribution is 2.24. The number of hydrogen-bond acceptors (Lipinski definition) is 6. The standard InChI is InChI=1S/C16H26N4O2S/c1-13(2)18-7-9-20(10-8-18)16(21)22-14-3-5-19(6-4-14)15-11-17-12-23-15/h11-14H,3-10H2,1-2H3. The average molecular weight is 338 g/mol. The molecule has 23 heavy (non-hydrogen) atoms. The van der Waals surface area contributed by atoms with Crippen LogP contribution in [0.2, 0.25) is 0 Å². The third-order valence-electron chi connectivity index (χ3n) is 4.74. The van der Waals surface area contributed by atoms with Crippen LogP contribution in [0, 0.1) is 0 Å². The van der Waals surface area contributed by atoms with E-state index >= 15 is 0 Å². The maximum atomic E-state index is 12.3. The molecule has 1 amide bonds. The number of thiazole rings is 1. The van der Waals surface area contributed by atoms with Crippen LogP contribution < -0.4 is 4.90 Å². The fourth-order valence-corrected chi connectivity index (χ4v) is 3.88. The zero-order valence-electron chi connectivity index (χ0n) is 14.0. The number of carbonyl (C=O) groups excluding carboxylic acids is 1. The summed E-state index contributed by atoms with van der Waals surface area (Å²) < 4.78 is 5.72. The van der Waals surface area contributed by atoms with Gasteiger partial charge in [-0.1, -0.05) is 0 Å². The molecule has 0 aromatic carbocycles. The van der Waals surface area contributed by atoms with Crippen LogP contribution in [0.25, 0.3) is 0 Å². The summed E-state index contributed by atoms with van der Waals surface area (Å²) in [4.78, 5) is 23.0. The van der Waals surface area contributed by atoms with Gasteiger partial charge in [-0.05, 0) is 13.8 Å². The van der Waals surface area contributed by atoms with Gasteiger partial charge in [0.05, 0.1) is 11.7 Å². The van der Waals surface area contributed by atoms with Crippen molar-refractivity contribution in [2.75, 3.05) is 44.2 Å². The minimum atomic E-state index is -0.135. The van der Waals surface area contributed by atoms with Crippen molar-refractivity contribution in [1.82, 2.24) is 14.8 Å². The SMILES string of the molecule is CC(C)N1CCN(C(=O)OC2CCN(c3cncs3)CC2)CC1. The molecule has 0 radical (unpaired) electrons. The van der Waals surface area contributed by atoms with Gasteiger partial charge in [0, 0.05) is 58.2 Å². The molecule has 3 rings (SSSR count). The Hall–Kier alpha value is -1.34. The summed E-state index contributed by atoms with van der Waals surface area (Å²) >= 11 is 1.66. The van der Waals surface area contributed by atoms with E-state index < -0.39 is 0 Å². The summed E-state index contributed by atoms with van der Waals surface area (Å²) in [5.41, 5.74) is 1.86. The van der Waals surface area contributed by atoms with E-state index in [0.717, 1.165) is 52.1 Å². The summed E-state index contributed by atoms with van der Waals surface area (Å²) in [6, 6.07) is 0.546. The van der Waals surface area contributed by atoms with Gasteiger partial charge in [0.1, 0.15) is 11.1 Å². The first-order valence-electron chi connectivity index (χ1n) is 8.46. The summed E-state index contributed by atoms with van der Waals surface area (Å²) in [7, 11) is 0. The number of carbonyl (C=O) groups is 1. The Morgan fingerprint density at radius 2 is 1.91 bits per heavy atom. The highest BCUT2D eigenvalue weighted by molar-refractivity contribution is 7.13. The lowest BCUT2D eigenvalue weighted by Gasteiger charge is -2.38. The van der Waals surface area contributed by atoms with Crippen molar-refractivity contribution in [3.63, 3.8) is 0 Å². The van der Waals surface area contributed by atoms with Crippen LogP contribution in [0.3, 0.4) is 0 Å². The quantitative estimate of drug-likeness (QED) is 0.846. The molecule has 2 saturated heterocycles. The molecule has 0 aliphatic carbocycles. The Balaban J connectivity index is 1.41. The molecule has 0 saturated carbocycles. The minimum absolute atomic E-state index is 0.0507. The summed E-state index contributed by atoms with van der Waals surface area (Å²) in [6.07, 6.45) is 3.62. The van der Waals surface area contributed by atoms with Crippen molar-refractivity contribution in [1.29, 1.82) is 0 Å². The van der Waals surface area contributed by atoms with Crippen LogP contribution in [-0.4, -0.2) is 72.3 Å². The Kier molecular flexibility index (Phi) is 5.38. The van der Waals surface area contributed by atoms with Crippen molar-refractivity contribution in [3.05, 3.63) is 11.7 Å². The maximum absolute atomic E-state index is 12.3. The van der Waals surface area contributed by atoms with Crippen molar-refractivity contribution in [2.24, 2.45) is 0 Å². The molecular formula is C16H26N4O2S. The van der Waals surface area contributed by atoms with Gasteiger partial charge < -0.3 is 14.5 Å². The number of piperidine rings is 1. The summed E-state index contributed by atoms with van der Waals surface area (Å²) in [6.45, 7) is 9.69. The monoisotopic (exact) mass is 338 g/mol. The summed E-state index contributed by atoms with van der Waals surface area (Å²) in [5, 5.41) is 1.21. The number of nitrogens with zero attached hydrogens (tertiary/aromatic N) is 4. The molecule has 2 aliphatic heterocycles. The normalized spacial score (nSPS) is 21.0. The molecule has 0 spiro atoms. The molecule has 2 fully saturated rings. The molecular weight excluding hydrogens is 312 g/mol. The number of aromatic nitrogens is 1. The lowest BCUT2D eigenvalue weighted by Crippen LogP contribution is -2.51. The average Bonchev–Trinajstić information content (AvgIpc) is 3.10. The van der Waals surface area contributed by atoms with E-state index in [9.17, 15) is 4.79 Å². The van der Waals surface area contributed by atoms with Crippen LogP contribution in [0.5, 0.6) is 0 Å². The smallest absolute Gasteiger partial charge is 0.410 e. The molecule has 0 bridgehead atoms. The second kappa shape index (κ2) is 7.49. The van der Waals surface area contributed by atoms with Crippen molar-refractivity contribution >= 4 is 22.4 Å². The predicted octanol–water partition coefficient (Wildman–Crippen LogP) is 2.27. The van der Waals surface area contributed by atoms with Gasteiger partial charge in [-0.3, -0.25) is 9.88 Å². The van der Waals surface area contributed by atoms with Crippen LogP contribution in [0.1, 0.15) is 26.7 Å². The van der Waals surface area contributed by atoms with Crippen molar-refractivity contribution in [3.8, 4) is 0 Å². The van der Waals surface area contributed by atoms with Gasteiger partial charge in [0.2, 0.25) is 0 Å². The predicted molar refractivity (Wildman–Crippen MR) is 92.1 cm³/mol. The Labute approximate surface area is 142 Å². The number of rotatable bonds is 3.